The minimum absolute atomic E-state index is 0. The second kappa shape index (κ2) is 7.76. The van der Waals surface area contributed by atoms with E-state index in [9.17, 15) is 9.90 Å². The van der Waals surface area contributed by atoms with Gasteiger partial charge < -0.3 is 9.84 Å². The molecule has 0 aliphatic carbocycles. The van der Waals surface area contributed by atoms with E-state index in [4.69, 9.17) is 4.74 Å². The van der Waals surface area contributed by atoms with E-state index in [1.54, 1.807) is 0 Å². The number of hydrogen-bond acceptors (Lipinski definition) is 3. The monoisotopic (exact) mass is 241 g/mol. The fourth-order valence-electron chi connectivity index (χ4n) is 1.65. The van der Waals surface area contributed by atoms with E-state index in [0.29, 0.717) is 12.5 Å². The van der Waals surface area contributed by atoms with Crippen molar-refractivity contribution in [1.82, 2.24) is 4.98 Å². The molecule has 4 nitrogen and oxygen atoms in total. The summed E-state index contributed by atoms with van der Waals surface area (Å²) in [5.41, 5.74) is -0.344. The van der Waals surface area contributed by atoms with Gasteiger partial charge in [-0.15, -0.1) is 0 Å². The normalized spacial score (nSPS) is 10.4. The first-order valence-electron chi connectivity index (χ1n) is 6.28. The highest BCUT2D eigenvalue weighted by atomic mass is 16.5. The number of aromatic nitrogens is 1. The molecular weight excluding hydrogens is 218 g/mol. The van der Waals surface area contributed by atoms with Crippen molar-refractivity contribution in [3.63, 3.8) is 0 Å². The Labute approximate surface area is 103 Å². The van der Waals surface area contributed by atoms with Crippen LogP contribution >= 0.6 is 0 Å². The second-order valence-electron chi connectivity index (χ2n) is 4.18. The highest BCUT2D eigenvalue weighted by molar-refractivity contribution is 5.24. The molecule has 0 aromatic carbocycles. The van der Waals surface area contributed by atoms with Gasteiger partial charge in [0.1, 0.15) is 5.75 Å². The van der Waals surface area contributed by atoms with Crippen molar-refractivity contribution in [2.24, 2.45) is 0 Å². The van der Waals surface area contributed by atoms with Crippen molar-refractivity contribution in [2.75, 3.05) is 6.61 Å². The van der Waals surface area contributed by atoms with Gasteiger partial charge in [-0.3, -0.25) is 9.78 Å². The Kier molecular flexibility index (Phi) is 6.22. The summed E-state index contributed by atoms with van der Waals surface area (Å²) in [4.78, 5) is 13.5. The van der Waals surface area contributed by atoms with Crippen LogP contribution in [-0.4, -0.2) is 16.7 Å². The van der Waals surface area contributed by atoms with Crippen molar-refractivity contribution >= 4 is 0 Å². The number of aromatic amines is 1. The van der Waals surface area contributed by atoms with Gasteiger partial charge in [-0.25, -0.2) is 0 Å². The molecule has 1 heterocycles. The van der Waals surface area contributed by atoms with Crippen LogP contribution in [0.3, 0.4) is 0 Å². The first-order valence-corrected chi connectivity index (χ1v) is 6.28. The van der Waals surface area contributed by atoms with Gasteiger partial charge in [0.25, 0.3) is 5.56 Å². The largest absolute Gasteiger partial charge is 0.508 e. The summed E-state index contributed by atoms with van der Waals surface area (Å²) in [6, 6.07) is 2.54. The van der Waals surface area contributed by atoms with Gasteiger partial charge in [0, 0.05) is 13.6 Å². The lowest BCUT2D eigenvalue weighted by Crippen LogP contribution is -2.07. The molecule has 0 aliphatic heterocycles. The van der Waals surface area contributed by atoms with Crippen molar-refractivity contribution in [2.45, 2.75) is 45.4 Å². The van der Waals surface area contributed by atoms with Crippen LogP contribution in [0, 0.1) is 0 Å². The molecule has 0 amide bonds. The van der Waals surface area contributed by atoms with Crippen LogP contribution in [0.5, 0.6) is 11.6 Å². The molecule has 1 aromatic heterocycles. The molecule has 98 valence electrons. The Hall–Kier alpha value is -1.45. The van der Waals surface area contributed by atoms with E-state index in [0.717, 1.165) is 18.9 Å². The molecule has 0 saturated heterocycles. The van der Waals surface area contributed by atoms with E-state index in [-0.39, 0.29) is 12.7 Å². The summed E-state index contributed by atoms with van der Waals surface area (Å²) in [6.07, 6.45) is 7.17. The number of hydrogen-bond donors (Lipinski definition) is 2. The van der Waals surface area contributed by atoms with Gasteiger partial charge in [0.05, 0.1) is 6.61 Å². The third kappa shape index (κ3) is 6.00. The zero-order valence-electron chi connectivity index (χ0n) is 10.4. The molecule has 0 radical (unpaired) electrons. The standard InChI is InChI=1S/C13H21NO3.H2/c1-2-3-4-5-6-7-8-17-13-10-11(15)9-12(16)14-13;/h9-10H,2-8H2,1H3,(H2,14,15,16);1H. The summed E-state index contributed by atoms with van der Waals surface area (Å²) in [7, 11) is 0. The zero-order chi connectivity index (χ0) is 12.5. The molecule has 0 atom stereocenters. The van der Waals surface area contributed by atoms with Gasteiger partial charge in [-0.2, -0.15) is 0 Å². The lowest BCUT2D eigenvalue weighted by atomic mass is 10.1. The minimum atomic E-state index is -0.344. The van der Waals surface area contributed by atoms with Gasteiger partial charge in [-0.1, -0.05) is 39.0 Å². The Morgan fingerprint density at radius 3 is 2.65 bits per heavy atom. The molecule has 0 unspecified atom stereocenters. The molecule has 4 heteroatoms. The fourth-order valence-corrected chi connectivity index (χ4v) is 1.65. The Morgan fingerprint density at radius 2 is 1.94 bits per heavy atom. The summed E-state index contributed by atoms with van der Waals surface area (Å²) >= 11 is 0. The molecule has 1 rings (SSSR count). The molecule has 0 fully saturated rings. The summed E-state index contributed by atoms with van der Waals surface area (Å²) < 4.78 is 5.36. The number of aromatic hydroxyl groups is 1. The quantitative estimate of drug-likeness (QED) is 0.687. The van der Waals surface area contributed by atoms with Crippen molar-refractivity contribution in [3.05, 3.63) is 22.5 Å². The van der Waals surface area contributed by atoms with Crippen LogP contribution in [0.15, 0.2) is 16.9 Å². The summed E-state index contributed by atoms with van der Waals surface area (Å²) in [5.74, 6) is 0.273. The number of rotatable bonds is 8. The molecule has 0 bridgehead atoms. The lowest BCUT2D eigenvalue weighted by Gasteiger charge is -2.05. The van der Waals surface area contributed by atoms with E-state index in [1.165, 1.54) is 31.7 Å². The van der Waals surface area contributed by atoms with Crippen LogP contribution in [0.1, 0.15) is 46.9 Å². The maximum atomic E-state index is 11.0. The molecule has 0 aliphatic rings. The highest BCUT2D eigenvalue weighted by Crippen LogP contribution is 2.12. The molecule has 2 N–H and O–H groups in total. The van der Waals surface area contributed by atoms with Gasteiger partial charge in [0.15, 0.2) is 5.88 Å². The number of H-pyrrole nitrogens is 1. The van der Waals surface area contributed by atoms with E-state index < -0.39 is 0 Å². The fraction of sp³-hybridized carbons (Fsp3) is 0.615. The van der Waals surface area contributed by atoms with Crippen LogP contribution in [0.2, 0.25) is 0 Å². The van der Waals surface area contributed by atoms with E-state index >= 15 is 0 Å². The molecule has 0 saturated carbocycles. The first kappa shape index (κ1) is 13.6. The topological polar surface area (TPSA) is 62.3 Å². The van der Waals surface area contributed by atoms with E-state index in [1.807, 2.05) is 0 Å². The molecular formula is C13H23NO3. The van der Waals surface area contributed by atoms with Crippen molar-refractivity contribution < 1.29 is 11.3 Å². The first-order chi connectivity index (χ1) is 8.22. The summed E-state index contributed by atoms with van der Waals surface area (Å²) in [5, 5.41) is 9.19. The number of nitrogens with one attached hydrogen (secondary N) is 1. The number of unbranched alkanes of at least 4 members (excludes halogenated alkanes) is 5. The Bertz CT molecular complexity index is 379. The average Bonchev–Trinajstić information content (AvgIpc) is 2.26. The van der Waals surface area contributed by atoms with Crippen molar-refractivity contribution in [1.29, 1.82) is 0 Å². The SMILES string of the molecule is CCCCCCCCOc1cc(O)cc(=O)[nH]1.[HH]. The van der Waals surface area contributed by atoms with Gasteiger partial charge in [0.2, 0.25) is 0 Å². The second-order valence-corrected chi connectivity index (χ2v) is 4.18. The molecule has 0 spiro atoms. The Balaban J connectivity index is 0.00000289. The number of pyridine rings is 1. The Morgan fingerprint density at radius 1 is 1.24 bits per heavy atom. The third-order valence-corrected chi connectivity index (χ3v) is 2.56. The predicted octanol–water partition coefficient (Wildman–Crippen LogP) is 3.07. The van der Waals surface area contributed by atoms with Gasteiger partial charge in [-0.05, 0) is 6.42 Å². The highest BCUT2D eigenvalue weighted by Gasteiger charge is 1.98. The smallest absolute Gasteiger partial charge is 0.254 e. The van der Waals surface area contributed by atoms with Crippen LogP contribution < -0.4 is 10.3 Å². The van der Waals surface area contributed by atoms with E-state index in [2.05, 4.69) is 11.9 Å². The summed E-state index contributed by atoms with van der Waals surface area (Å²) in [6.45, 7) is 2.77. The minimum Gasteiger partial charge on any atom is -0.508 e. The average molecular weight is 241 g/mol. The van der Waals surface area contributed by atoms with Crippen LogP contribution in [0.25, 0.3) is 0 Å². The van der Waals surface area contributed by atoms with Crippen LogP contribution in [0.4, 0.5) is 0 Å². The maximum absolute atomic E-state index is 11.0. The number of ether oxygens (including phenoxy) is 1. The molecule has 17 heavy (non-hydrogen) atoms. The van der Waals surface area contributed by atoms with Crippen molar-refractivity contribution in [3.8, 4) is 11.6 Å². The third-order valence-electron chi connectivity index (χ3n) is 2.56. The zero-order valence-corrected chi connectivity index (χ0v) is 10.4. The van der Waals surface area contributed by atoms with Gasteiger partial charge >= 0.3 is 0 Å². The van der Waals surface area contributed by atoms with Crippen LogP contribution in [-0.2, 0) is 0 Å². The lowest BCUT2D eigenvalue weighted by molar-refractivity contribution is 0.290. The maximum Gasteiger partial charge on any atom is 0.254 e. The predicted molar refractivity (Wildman–Crippen MR) is 69.7 cm³/mol. The molecule has 1 aromatic rings.